The maximum Gasteiger partial charge on any atom is 0.325 e. The van der Waals surface area contributed by atoms with Gasteiger partial charge in [-0.1, -0.05) is 13.8 Å². The number of rotatable bonds is 3. The van der Waals surface area contributed by atoms with Gasteiger partial charge in [0.15, 0.2) is 0 Å². The molecule has 96 valence electrons. The van der Waals surface area contributed by atoms with Gasteiger partial charge >= 0.3 is 5.97 Å². The molecule has 1 N–H and O–H groups in total. The molecule has 0 amide bonds. The summed E-state index contributed by atoms with van der Waals surface area (Å²) in [7, 11) is 0. The van der Waals surface area contributed by atoms with Crippen LogP contribution < -0.4 is 5.56 Å². The fourth-order valence-electron chi connectivity index (χ4n) is 1.76. The van der Waals surface area contributed by atoms with Crippen LogP contribution in [-0.4, -0.2) is 25.3 Å². The molecule has 0 aliphatic heterocycles. The van der Waals surface area contributed by atoms with E-state index in [2.05, 4.69) is 21.0 Å². The SMILES string of the molecule is CC(C)c1nn(CC(=O)O)c(=O)c2cc(Br)cn12. The Hall–Kier alpha value is -1.63. The van der Waals surface area contributed by atoms with Gasteiger partial charge in [-0.3, -0.25) is 14.0 Å². The number of carboxylic acid groups (broad SMARTS) is 1. The van der Waals surface area contributed by atoms with E-state index in [1.165, 1.54) is 0 Å². The summed E-state index contributed by atoms with van der Waals surface area (Å²) in [6.07, 6.45) is 1.75. The summed E-state index contributed by atoms with van der Waals surface area (Å²) in [6, 6.07) is 1.66. The molecule has 2 heterocycles. The zero-order valence-corrected chi connectivity index (χ0v) is 11.5. The highest BCUT2D eigenvalue weighted by atomic mass is 79.9. The minimum Gasteiger partial charge on any atom is -0.480 e. The van der Waals surface area contributed by atoms with E-state index in [1.807, 2.05) is 13.8 Å². The van der Waals surface area contributed by atoms with Gasteiger partial charge in [0.05, 0.1) is 0 Å². The number of hydrogen-bond donors (Lipinski definition) is 1. The number of halogens is 1. The van der Waals surface area contributed by atoms with Crippen molar-refractivity contribution >= 4 is 27.4 Å². The topological polar surface area (TPSA) is 76.6 Å². The molecule has 7 heteroatoms. The van der Waals surface area contributed by atoms with Crippen LogP contribution in [0.4, 0.5) is 0 Å². The summed E-state index contributed by atoms with van der Waals surface area (Å²) in [5, 5.41) is 12.9. The number of carbonyl (C=O) groups is 1. The Bertz CT molecular complexity index is 672. The van der Waals surface area contributed by atoms with Crippen molar-refractivity contribution < 1.29 is 9.90 Å². The van der Waals surface area contributed by atoms with Gasteiger partial charge < -0.3 is 5.11 Å². The van der Waals surface area contributed by atoms with Crippen LogP contribution in [0.1, 0.15) is 25.6 Å². The van der Waals surface area contributed by atoms with E-state index in [0.29, 0.717) is 11.3 Å². The average Bonchev–Trinajstić information content (AvgIpc) is 2.63. The summed E-state index contributed by atoms with van der Waals surface area (Å²) in [5.74, 6) is -0.363. The maximum absolute atomic E-state index is 12.0. The van der Waals surface area contributed by atoms with E-state index >= 15 is 0 Å². The molecular formula is C11H12BrN3O3. The van der Waals surface area contributed by atoms with Gasteiger partial charge in [-0.05, 0) is 22.0 Å². The summed E-state index contributed by atoms with van der Waals surface area (Å²) in [6.45, 7) is 3.44. The molecule has 0 fully saturated rings. The normalized spacial score (nSPS) is 11.3. The van der Waals surface area contributed by atoms with Crippen LogP contribution in [0, 0.1) is 0 Å². The summed E-state index contributed by atoms with van der Waals surface area (Å²) >= 11 is 3.30. The fourth-order valence-corrected chi connectivity index (χ4v) is 2.18. The first kappa shape index (κ1) is 12.8. The lowest BCUT2D eigenvalue weighted by Crippen LogP contribution is -2.30. The minimum absolute atomic E-state index is 0.0763. The first-order chi connectivity index (χ1) is 8.40. The number of carboxylic acids is 1. The highest BCUT2D eigenvalue weighted by molar-refractivity contribution is 9.10. The summed E-state index contributed by atoms with van der Waals surface area (Å²) in [4.78, 5) is 22.8. The van der Waals surface area contributed by atoms with Crippen LogP contribution in [0.25, 0.3) is 5.52 Å². The zero-order chi connectivity index (χ0) is 13.4. The molecule has 0 spiro atoms. The lowest BCUT2D eigenvalue weighted by Gasteiger charge is -2.11. The van der Waals surface area contributed by atoms with E-state index in [-0.39, 0.29) is 5.92 Å². The van der Waals surface area contributed by atoms with Crippen molar-refractivity contribution in [1.29, 1.82) is 0 Å². The molecule has 0 aliphatic carbocycles. The molecule has 0 unspecified atom stereocenters. The molecule has 0 saturated heterocycles. The zero-order valence-electron chi connectivity index (χ0n) is 9.92. The summed E-state index contributed by atoms with van der Waals surface area (Å²) < 4.78 is 3.44. The predicted molar refractivity (Wildman–Crippen MR) is 68.9 cm³/mol. The Morgan fingerprint density at radius 1 is 1.56 bits per heavy atom. The van der Waals surface area contributed by atoms with Crippen molar-refractivity contribution in [3.8, 4) is 0 Å². The Labute approximate surface area is 111 Å². The Balaban J connectivity index is 2.78. The third-order valence-electron chi connectivity index (χ3n) is 2.51. The number of aromatic nitrogens is 3. The third kappa shape index (κ3) is 2.17. The van der Waals surface area contributed by atoms with Crippen molar-refractivity contribution in [2.45, 2.75) is 26.3 Å². The van der Waals surface area contributed by atoms with Gasteiger partial charge in [-0.15, -0.1) is 0 Å². The van der Waals surface area contributed by atoms with Crippen LogP contribution >= 0.6 is 15.9 Å². The number of hydrogen-bond acceptors (Lipinski definition) is 3. The van der Waals surface area contributed by atoms with Gasteiger partial charge in [-0.25, -0.2) is 4.68 Å². The van der Waals surface area contributed by atoms with E-state index in [4.69, 9.17) is 5.11 Å². The fraction of sp³-hybridized carbons (Fsp3) is 0.364. The van der Waals surface area contributed by atoms with E-state index in [9.17, 15) is 9.59 Å². The van der Waals surface area contributed by atoms with Crippen LogP contribution in [0.5, 0.6) is 0 Å². The van der Waals surface area contributed by atoms with Gasteiger partial charge in [0.25, 0.3) is 5.56 Å². The minimum atomic E-state index is -1.09. The maximum atomic E-state index is 12.0. The second-order valence-electron chi connectivity index (χ2n) is 4.28. The van der Waals surface area contributed by atoms with Gasteiger partial charge in [-0.2, -0.15) is 5.10 Å². The van der Waals surface area contributed by atoms with Crippen molar-refractivity contribution in [3.05, 3.63) is 32.9 Å². The molecule has 0 radical (unpaired) electrons. The third-order valence-corrected chi connectivity index (χ3v) is 2.95. The molecule has 0 atom stereocenters. The van der Waals surface area contributed by atoms with Crippen LogP contribution in [0.3, 0.4) is 0 Å². The Kier molecular flexibility index (Phi) is 3.25. The van der Waals surface area contributed by atoms with Crippen molar-refractivity contribution in [2.24, 2.45) is 0 Å². The first-order valence-corrected chi connectivity index (χ1v) is 6.20. The largest absolute Gasteiger partial charge is 0.480 e. The lowest BCUT2D eigenvalue weighted by atomic mass is 10.2. The number of fused-ring (bicyclic) bond motifs is 1. The van der Waals surface area contributed by atoms with Gasteiger partial charge in [0, 0.05) is 16.6 Å². The molecular weight excluding hydrogens is 302 g/mol. The molecule has 0 bridgehead atoms. The van der Waals surface area contributed by atoms with Crippen LogP contribution in [0.2, 0.25) is 0 Å². The standard InChI is InChI=1S/C11H12BrN3O3/c1-6(2)10-13-15(5-9(16)17)11(18)8-3-7(12)4-14(8)10/h3-4,6H,5H2,1-2H3,(H,16,17). The van der Waals surface area contributed by atoms with E-state index in [1.54, 1.807) is 16.7 Å². The number of aliphatic carboxylic acids is 1. The van der Waals surface area contributed by atoms with Crippen LogP contribution in [0.15, 0.2) is 21.5 Å². The first-order valence-electron chi connectivity index (χ1n) is 5.40. The van der Waals surface area contributed by atoms with E-state index < -0.39 is 18.1 Å². The smallest absolute Gasteiger partial charge is 0.325 e. The van der Waals surface area contributed by atoms with Gasteiger partial charge in [0.1, 0.15) is 17.9 Å². The van der Waals surface area contributed by atoms with Crippen molar-refractivity contribution in [1.82, 2.24) is 14.2 Å². The predicted octanol–water partition coefficient (Wildman–Crippen LogP) is 1.47. The molecule has 18 heavy (non-hydrogen) atoms. The molecule has 0 saturated carbocycles. The average molecular weight is 314 g/mol. The molecule has 6 nitrogen and oxygen atoms in total. The molecule has 0 aliphatic rings. The Morgan fingerprint density at radius 2 is 2.22 bits per heavy atom. The molecule has 0 aromatic carbocycles. The molecule has 2 aromatic heterocycles. The van der Waals surface area contributed by atoms with E-state index in [0.717, 1.165) is 9.15 Å². The molecule has 2 rings (SSSR count). The lowest BCUT2D eigenvalue weighted by molar-refractivity contribution is -0.138. The quantitative estimate of drug-likeness (QED) is 0.931. The van der Waals surface area contributed by atoms with Crippen LogP contribution in [-0.2, 0) is 11.3 Å². The van der Waals surface area contributed by atoms with Crippen molar-refractivity contribution in [2.75, 3.05) is 0 Å². The Morgan fingerprint density at radius 3 is 2.78 bits per heavy atom. The molecule has 2 aromatic rings. The highest BCUT2D eigenvalue weighted by Gasteiger charge is 2.15. The highest BCUT2D eigenvalue weighted by Crippen LogP contribution is 2.18. The second kappa shape index (κ2) is 4.56. The second-order valence-corrected chi connectivity index (χ2v) is 5.20. The summed E-state index contributed by atoms with van der Waals surface area (Å²) in [5.41, 5.74) is 0.00863. The number of nitrogens with zero attached hydrogens (tertiary/aromatic N) is 3. The monoisotopic (exact) mass is 313 g/mol. The van der Waals surface area contributed by atoms with Gasteiger partial charge in [0.2, 0.25) is 0 Å². The van der Waals surface area contributed by atoms with Crippen molar-refractivity contribution in [3.63, 3.8) is 0 Å².